The Morgan fingerprint density at radius 3 is 2.44 bits per heavy atom. The summed E-state index contributed by atoms with van der Waals surface area (Å²) in [6.07, 6.45) is 0. The van der Waals surface area contributed by atoms with E-state index in [9.17, 15) is 9.18 Å². The Bertz CT molecular complexity index is 1150. The molecule has 3 aromatic rings. The van der Waals surface area contributed by atoms with Crippen LogP contribution in [0.15, 0.2) is 36.4 Å². The molecule has 1 aliphatic heterocycles. The summed E-state index contributed by atoms with van der Waals surface area (Å²) in [5.41, 5.74) is 6.14. The number of nitrogens with zero attached hydrogens (tertiary/aromatic N) is 3. The van der Waals surface area contributed by atoms with Gasteiger partial charge in [0.25, 0.3) is 5.91 Å². The normalized spacial score (nSPS) is 14.7. The van der Waals surface area contributed by atoms with Crippen LogP contribution < -0.4 is 5.32 Å². The van der Waals surface area contributed by atoms with E-state index in [2.05, 4.69) is 35.6 Å². The maximum atomic E-state index is 13.5. The van der Waals surface area contributed by atoms with Crippen molar-refractivity contribution in [2.75, 3.05) is 51.8 Å². The number of hydrogen-bond acceptors (Lipinski definition) is 4. The molecular formula is C27H35FN4O2. The number of nitrogens with one attached hydrogen (secondary N) is 1. The van der Waals surface area contributed by atoms with Crippen LogP contribution in [0, 0.1) is 19.7 Å². The Kier molecular flexibility index (Phi) is 7.54. The van der Waals surface area contributed by atoms with Crippen molar-refractivity contribution in [1.82, 2.24) is 14.4 Å². The molecule has 1 saturated heterocycles. The number of methoxy groups -OCH3 is 1. The van der Waals surface area contributed by atoms with E-state index < -0.39 is 0 Å². The van der Waals surface area contributed by atoms with Crippen molar-refractivity contribution >= 4 is 22.5 Å². The highest BCUT2D eigenvalue weighted by atomic mass is 19.1. The Hall–Kier alpha value is -2.90. The van der Waals surface area contributed by atoms with Crippen LogP contribution >= 0.6 is 0 Å². The van der Waals surface area contributed by atoms with E-state index in [4.69, 9.17) is 4.74 Å². The summed E-state index contributed by atoms with van der Waals surface area (Å²) in [7, 11) is 1.72. The second-order valence-corrected chi connectivity index (χ2v) is 8.98. The number of fused-ring (bicyclic) bond motifs is 1. The van der Waals surface area contributed by atoms with Crippen LogP contribution in [0.2, 0.25) is 0 Å². The SMILES string of the molecule is CCn1c(C)c(C)c2cc(C(=O)N3CCN(CCOC)CC3)cc(NCc3ccc(F)cc3)c21. The number of benzene rings is 2. The highest BCUT2D eigenvalue weighted by Gasteiger charge is 2.24. The zero-order chi connectivity index (χ0) is 24.2. The van der Waals surface area contributed by atoms with Gasteiger partial charge in [0.05, 0.1) is 17.8 Å². The monoisotopic (exact) mass is 466 g/mol. The lowest BCUT2D eigenvalue weighted by molar-refractivity contribution is 0.0594. The van der Waals surface area contributed by atoms with Crippen molar-refractivity contribution in [2.45, 2.75) is 33.9 Å². The van der Waals surface area contributed by atoms with E-state index >= 15 is 0 Å². The molecule has 34 heavy (non-hydrogen) atoms. The van der Waals surface area contributed by atoms with Crippen molar-refractivity contribution in [1.29, 1.82) is 0 Å². The van der Waals surface area contributed by atoms with Crippen LogP contribution in [0.1, 0.15) is 34.1 Å². The predicted molar refractivity (Wildman–Crippen MR) is 135 cm³/mol. The molecule has 1 amide bonds. The first-order valence-corrected chi connectivity index (χ1v) is 12.0. The standard InChI is InChI=1S/C27H35FN4O2/c1-5-32-20(3)19(2)24-16-22(27(33)31-12-10-30(11-13-31)14-15-34-4)17-25(26(24)32)29-18-21-6-8-23(28)9-7-21/h6-9,16-17,29H,5,10-15,18H2,1-4H3. The lowest BCUT2D eigenvalue weighted by Crippen LogP contribution is -2.49. The maximum Gasteiger partial charge on any atom is 0.254 e. The number of halogens is 1. The molecule has 182 valence electrons. The maximum absolute atomic E-state index is 13.5. The van der Waals surface area contributed by atoms with Gasteiger partial charge in [-0.1, -0.05) is 12.1 Å². The lowest BCUT2D eigenvalue weighted by Gasteiger charge is -2.34. The van der Waals surface area contributed by atoms with E-state index in [1.54, 1.807) is 19.2 Å². The first-order chi connectivity index (χ1) is 16.4. The Morgan fingerprint density at radius 2 is 1.79 bits per heavy atom. The molecule has 7 heteroatoms. The summed E-state index contributed by atoms with van der Waals surface area (Å²) in [5.74, 6) is -0.174. The number of amides is 1. The molecule has 4 rings (SSSR count). The molecule has 6 nitrogen and oxygen atoms in total. The van der Waals surface area contributed by atoms with Crippen molar-refractivity contribution in [2.24, 2.45) is 0 Å². The number of carbonyl (C=O) groups excluding carboxylic acids is 1. The minimum Gasteiger partial charge on any atom is -0.383 e. The molecule has 1 fully saturated rings. The predicted octanol–water partition coefficient (Wildman–Crippen LogP) is 4.43. The molecule has 0 spiro atoms. The molecule has 0 unspecified atom stereocenters. The third kappa shape index (κ3) is 4.95. The second-order valence-electron chi connectivity index (χ2n) is 8.98. The average Bonchev–Trinajstić information content (AvgIpc) is 3.11. The van der Waals surface area contributed by atoms with Crippen molar-refractivity contribution < 1.29 is 13.9 Å². The number of aryl methyl sites for hydroxylation is 2. The van der Waals surface area contributed by atoms with Gasteiger partial charge in [0.15, 0.2) is 0 Å². The third-order valence-corrected chi connectivity index (χ3v) is 6.96. The van der Waals surface area contributed by atoms with E-state index in [1.165, 1.54) is 23.4 Å². The zero-order valence-corrected chi connectivity index (χ0v) is 20.7. The lowest BCUT2D eigenvalue weighted by atomic mass is 10.1. The van der Waals surface area contributed by atoms with E-state index in [0.717, 1.165) is 48.3 Å². The topological polar surface area (TPSA) is 49.7 Å². The minimum atomic E-state index is -0.243. The molecule has 0 aliphatic carbocycles. The van der Waals surface area contributed by atoms with Crippen LogP contribution in [0.4, 0.5) is 10.1 Å². The van der Waals surface area contributed by atoms with Gasteiger partial charge >= 0.3 is 0 Å². The molecule has 0 atom stereocenters. The molecule has 2 aromatic carbocycles. The quantitative estimate of drug-likeness (QED) is 0.534. The number of ether oxygens (including phenoxy) is 1. The van der Waals surface area contributed by atoms with Crippen molar-refractivity contribution in [3.05, 3.63) is 64.6 Å². The first-order valence-electron chi connectivity index (χ1n) is 12.0. The molecule has 2 heterocycles. The third-order valence-electron chi connectivity index (χ3n) is 6.96. The number of carbonyl (C=O) groups is 1. The Balaban J connectivity index is 1.63. The highest BCUT2D eigenvalue weighted by molar-refractivity contribution is 6.04. The Labute approximate surface area is 201 Å². The van der Waals surface area contributed by atoms with Crippen LogP contribution in [0.5, 0.6) is 0 Å². The summed E-state index contributed by atoms with van der Waals surface area (Å²) < 4.78 is 20.8. The number of hydrogen-bond donors (Lipinski definition) is 1. The molecule has 0 saturated carbocycles. The number of piperazine rings is 1. The fraction of sp³-hybridized carbons (Fsp3) is 0.444. The van der Waals surface area contributed by atoms with E-state index in [0.29, 0.717) is 31.8 Å². The van der Waals surface area contributed by atoms with Gasteiger partial charge in [0.1, 0.15) is 5.82 Å². The Morgan fingerprint density at radius 1 is 1.09 bits per heavy atom. The van der Waals surface area contributed by atoms with Gasteiger partial charge in [-0.15, -0.1) is 0 Å². The fourth-order valence-corrected chi connectivity index (χ4v) is 4.81. The van der Waals surface area contributed by atoms with Crippen LogP contribution in [0.3, 0.4) is 0 Å². The fourth-order valence-electron chi connectivity index (χ4n) is 4.81. The summed E-state index contributed by atoms with van der Waals surface area (Å²) in [6, 6.07) is 10.5. The van der Waals surface area contributed by atoms with Crippen molar-refractivity contribution in [3.63, 3.8) is 0 Å². The van der Waals surface area contributed by atoms with Crippen molar-refractivity contribution in [3.8, 4) is 0 Å². The first kappa shape index (κ1) is 24.2. The average molecular weight is 467 g/mol. The van der Waals surface area contributed by atoms with Gasteiger partial charge in [-0.2, -0.15) is 0 Å². The smallest absolute Gasteiger partial charge is 0.254 e. The van der Waals surface area contributed by atoms with E-state index in [-0.39, 0.29) is 11.7 Å². The van der Waals surface area contributed by atoms with Gasteiger partial charge < -0.3 is 19.5 Å². The van der Waals surface area contributed by atoms with E-state index in [1.807, 2.05) is 17.0 Å². The van der Waals surface area contributed by atoms with Gasteiger partial charge in [-0.3, -0.25) is 9.69 Å². The van der Waals surface area contributed by atoms with Gasteiger partial charge in [-0.05, 0) is 56.2 Å². The van der Waals surface area contributed by atoms with Crippen LogP contribution in [0.25, 0.3) is 10.9 Å². The van der Waals surface area contributed by atoms with Crippen LogP contribution in [-0.2, 0) is 17.8 Å². The summed E-state index contributed by atoms with van der Waals surface area (Å²) >= 11 is 0. The van der Waals surface area contributed by atoms with Gasteiger partial charge in [-0.25, -0.2) is 4.39 Å². The minimum absolute atomic E-state index is 0.0689. The van der Waals surface area contributed by atoms with Gasteiger partial charge in [0.2, 0.25) is 0 Å². The molecule has 1 aliphatic rings. The summed E-state index contributed by atoms with van der Waals surface area (Å²) in [6.45, 7) is 12.5. The molecule has 1 aromatic heterocycles. The largest absolute Gasteiger partial charge is 0.383 e. The summed E-state index contributed by atoms with van der Waals surface area (Å²) in [4.78, 5) is 17.8. The summed E-state index contributed by atoms with van der Waals surface area (Å²) in [5, 5.41) is 4.63. The zero-order valence-electron chi connectivity index (χ0n) is 20.7. The second kappa shape index (κ2) is 10.6. The number of rotatable bonds is 8. The highest BCUT2D eigenvalue weighted by Crippen LogP contribution is 2.33. The number of anilines is 1. The molecule has 0 radical (unpaired) electrons. The molecular weight excluding hydrogens is 431 g/mol. The van der Waals surface area contributed by atoms with Crippen LogP contribution in [-0.4, -0.2) is 66.7 Å². The van der Waals surface area contributed by atoms with Gasteiger partial charge in [0, 0.05) is 69.6 Å². The molecule has 1 N–H and O–H groups in total. The molecule has 0 bridgehead atoms. The number of aromatic nitrogens is 1.